The lowest BCUT2D eigenvalue weighted by molar-refractivity contribution is -0.195. The van der Waals surface area contributed by atoms with Crippen molar-refractivity contribution in [2.75, 3.05) is 23.1 Å². The number of carbonyl (C=O) groups is 1. The molecular weight excluding hydrogens is 412 g/mol. The van der Waals surface area contributed by atoms with Crippen molar-refractivity contribution in [3.63, 3.8) is 0 Å². The van der Waals surface area contributed by atoms with Crippen molar-refractivity contribution in [2.45, 2.75) is 37.3 Å². The molecule has 2 aromatic heterocycles. The Balaban J connectivity index is 1.50. The van der Waals surface area contributed by atoms with Gasteiger partial charge in [0.15, 0.2) is 5.76 Å². The lowest BCUT2D eigenvalue weighted by Crippen LogP contribution is -2.75. The number of carbonyl (C=O) groups excluding carboxylic acids is 1. The predicted molar refractivity (Wildman–Crippen MR) is 111 cm³/mol. The van der Waals surface area contributed by atoms with Crippen molar-refractivity contribution < 1.29 is 19.1 Å². The van der Waals surface area contributed by atoms with E-state index in [2.05, 4.69) is 26.1 Å². The van der Waals surface area contributed by atoms with Gasteiger partial charge in [0.1, 0.15) is 0 Å². The Labute approximate surface area is 174 Å². The molecule has 0 radical (unpaired) electrons. The first-order valence-electron chi connectivity index (χ1n) is 9.07. The normalized spacial score (nSPS) is 24.3. The monoisotopic (exact) mass is 432 g/mol. The van der Waals surface area contributed by atoms with E-state index in [1.54, 1.807) is 13.0 Å². The summed E-state index contributed by atoms with van der Waals surface area (Å²) < 4.78 is 10.2. The predicted octanol–water partition coefficient (Wildman–Crippen LogP) is 1.80. The van der Waals surface area contributed by atoms with E-state index in [-0.39, 0.29) is 22.2 Å². The number of nitrogens with zero attached hydrogens (tertiary/aromatic N) is 2. The number of nitrogens with one attached hydrogen (secondary N) is 4. The molecular formula is C18H20N6O5S. The summed E-state index contributed by atoms with van der Waals surface area (Å²) in [6.07, 6.45) is 4.42. The second kappa shape index (κ2) is 7.22. The maximum Gasteiger partial charge on any atom is 0.381 e. The molecule has 0 atom stereocenters. The summed E-state index contributed by atoms with van der Waals surface area (Å²) in [5, 5.41) is 34.1. The van der Waals surface area contributed by atoms with Gasteiger partial charge in [-0.15, -0.1) is 10.2 Å². The van der Waals surface area contributed by atoms with Crippen molar-refractivity contribution >= 4 is 39.4 Å². The minimum Gasteiger partial charge on any atom is -0.488 e. The van der Waals surface area contributed by atoms with E-state index >= 15 is 0 Å². The van der Waals surface area contributed by atoms with Gasteiger partial charge in [0, 0.05) is 23.5 Å². The van der Waals surface area contributed by atoms with Crippen LogP contribution >= 0.6 is 11.3 Å². The van der Waals surface area contributed by atoms with Gasteiger partial charge in [-0.3, -0.25) is 10.1 Å². The molecule has 2 bridgehead atoms. The molecule has 1 amide bonds. The minimum atomic E-state index is -0.787. The number of allylic oxidation sites excluding steroid dienone is 2. The van der Waals surface area contributed by atoms with Crippen LogP contribution in [0.4, 0.5) is 16.0 Å². The Bertz CT molecular complexity index is 1090. The van der Waals surface area contributed by atoms with Crippen LogP contribution < -0.4 is 26.3 Å². The van der Waals surface area contributed by atoms with Crippen LogP contribution in [0.5, 0.6) is 5.75 Å². The molecule has 2 aromatic rings. The number of methoxy groups -OCH3 is 1. The van der Waals surface area contributed by atoms with Crippen LogP contribution in [-0.4, -0.2) is 45.7 Å². The highest BCUT2D eigenvalue weighted by Gasteiger charge is 2.67. The van der Waals surface area contributed by atoms with Gasteiger partial charge in [-0.2, -0.15) is 0 Å². The Morgan fingerprint density at radius 3 is 2.60 bits per heavy atom. The van der Waals surface area contributed by atoms with Crippen molar-refractivity contribution in [1.82, 2.24) is 10.2 Å². The first-order valence-corrected chi connectivity index (χ1v) is 9.88. The van der Waals surface area contributed by atoms with E-state index in [4.69, 9.17) is 14.6 Å². The Morgan fingerprint density at radius 2 is 2.00 bits per heavy atom. The Hall–Kier alpha value is -3.25. The summed E-state index contributed by atoms with van der Waals surface area (Å²) in [5.41, 5.74) is -0.659. The van der Waals surface area contributed by atoms with Gasteiger partial charge in [-0.1, -0.05) is 11.3 Å². The zero-order valence-electron chi connectivity index (χ0n) is 16.2. The van der Waals surface area contributed by atoms with E-state index < -0.39 is 17.1 Å². The van der Waals surface area contributed by atoms with Gasteiger partial charge in [0.2, 0.25) is 16.0 Å². The minimum absolute atomic E-state index is 0.0286. The average molecular weight is 432 g/mol. The van der Waals surface area contributed by atoms with Crippen LogP contribution in [0.1, 0.15) is 36.7 Å². The van der Waals surface area contributed by atoms with E-state index in [9.17, 15) is 14.7 Å². The lowest BCUT2D eigenvalue weighted by atomic mass is 9.46. The number of hydrogen-bond donors (Lipinski definition) is 5. The third-order valence-corrected chi connectivity index (χ3v) is 5.78. The molecule has 0 spiro atoms. The van der Waals surface area contributed by atoms with Gasteiger partial charge in [-0.25, -0.2) is 4.79 Å². The molecule has 12 heteroatoms. The molecule has 5 N–H and O–H groups in total. The number of aliphatic hydroxyl groups is 1. The van der Waals surface area contributed by atoms with Crippen LogP contribution in [0.3, 0.4) is 0 Å². The molecule has 0 unspecified atom stereocenters. The number of anilines is 3. The largest absolute Gasteiger partial charge is 0.488 e. The average Bonchev–Trinajstić information content (AvgIpc) is 3.06. The topological polar surface area (TPSA) is 162 Å². The highest BCUT2D eigenvalue weighted by atomic mass is 32.1. The number of amides is 1. The molecule has 2 heterocycles. The highest BCUT2D eigenvalue weighted by Crippen LogP contribution is 2.62. The fourth-order valence-electron chi connectivity index (χ4n) is 3.85. The standard InChI is InChI=1S/C18H20N6O5S/c1-9(3-4-19)20-15-23-24-16(30-15)21-13(25)11-5-10(12(28-2)14(26)29-11)22-17-6-18(27,7-17)8-17/h3-5,19,22,27H,6-8H2,1-2H3,(H,20,23)(H,21,24,25)/b9-3-,19-4?. The van der Waals surface area contributed by atoms with E-state index in [0.29, 0.717) is 35.8 Å². The smallest absolute Gasteiger partial charge is 0.381 e. The van der Waals surface area contributed by atoms with Crippen molar-refractivity contribution in [1.29, 1.82) is 5.41 Å². The summed E-state index contributed by atoms with van der Waals surface area (Å²) >= 11 is 1.09. The number of ether oxygens (including phenoxy) is 1. The molecule has 5 rings (SSSR count). The van der Waals surface area contributed by atoms with Crippen molar-refractivity contribution in [2.24, 2.45) is 0 Å². The second-order valence-electron chi connectivity index (χ2n) is 7.51. The number of aromatic nitrogens is 2. The molecule has 0 saturated heterocycles. The Morgan fingerprint density at radius 1 is 1.33 bits per heavy atom. The summed E-state index contributed by atoms with van der Waals surface area (Å²) in [7, 11) is 1.34. The van der Waals surface area contributed by atoms with Crippen LogP contribution in [0.2, 0.25) is 0 Å². The van der Waals surface area contributed by atoms with Gasteiger partial charge in [0.25, 0.3) is 5.91 Å². The zero-order valence-corrected chi connectivity index (χ0v) is 17.1. The van der Waals surface area contributed by atoms with Gasteiger partial charge < -0.3 is 30.3 Å². The first kappa shape index (κ1) is 20.0. The molecule has 158 valence electrons. The second-order valence-corrected chi connectivity index (χ2v) is 8.49. The van der Waals surface area contributed by atoms with E-state index in [1.165, 1.54) is 13.2 Å². The van der Waals surface area contributed by atoms with Crippen LogP contribution in [0.25, 0.3) is 0 Å². The van der Waals surface area contributed by atoms with Gasteiger partial charge in [0.05, 0.1) is 18.4 Å². The summed E-state index contributed by atoms with van der Waals surface area (Å²) in [4.78, 5) is 24.9. The summed E-state index contributed by atoms with van der Waals surface area (Å²) in [6, 6.07) is 1.40. The third kappa shape index (κ3) is 3.66. The fraction of sp³-hybridized carbons (Fsp3) is 0.389. The molecule has 30 heavy (non-hydrogen) atoms. The van der Waals surface area contributed by atoms with E-state index in [1.807, 2.05) is 0 Å². The molecule has 0 aromatic carbocycles. The quantitative estimate of drug-likeness (QED) is 0.391. The van der Waals surface area contributed by atoms with E-state index in [0.717, 1.165) is 17.6 Å². The molecule has 3 aliphatic carbocycles. The van der Waals surface area contributed by atoms with Gasteiger partial charge >= 0.3 is 5.63 Å². The zero-order chi connectivity index (χ0) is 21.5. The summed E-state index contributed by atoms with van der Waals surface area (Å²) in [5.74, 6) is -0.902. The lowest BCUT2D eigenvalue weighted by Gasteiger charge is -2.67. The molecule has 3 fully saturated rings. The van der Waals surface area contributed by atoms with Crippen molar-refractivity contribution in [3.05, 3.63) is 34.0 Å². The maximum atomic E-state index is 12.6. The Kier molecular flexibility index (Phi) is 4.82. The van der Waals surface area contributed by atoms with Crippen LogP contribution in [0.15, 0.2) is 27.1 Å². The number of hydrogen-bond acceptors (Lipinski definition) is 11. The van der Waals surface area contributed by atoms with Crippen LogP contribution in [0, 0.1) is 5.41 Å². The van der Waals surface area contributed by atoms with Gasteiger partial charge in [-0.05, 0) is 32.3 Å². The summed E-state index contributed by atoms with van der Waals surface area (Å²) in [6.45, 7) is 1.76. The SMILES string of the molecule is COc1c(NC23CC(O)(C2)C3)cc(C(=O)Nc2nnc(N/C(C)=C\C=N)s2)oc1=O. The molecule has 0 aliphatic heterocycles. The molecule has 3 saturated carbocycles. The third-order valence-electron chi connectivity index (χ3n) is 5.02. The maximum absolute atomic E-state index is 12.6. The highest BCUT2D eigenvalue weighted by molar-refractivity contribution is 7.19. The molecule has 11 nitrogen and oxygen atoms in total. The van der Waals surface area contributed by atoms with Crippen molar-refractivity contribution in [3.8, 4) is 5.75 Å². The first-order chi connectivity index (χ1) is 14.2. The van der Waals surface area contributed by atoms with Crippen LogP contribution in [-0.2, 0) is 0 Å². The fourth-order valence-corrected chi connectivity index (χ4v) is 4.55. The number of rotatable bonds is 8. The molecule has 3 aliphatic rings.